The lowest BCUT2D eigenvalue weighted by molar-refractivity contribution is -0.132. The molecule has 6 heteroatoms. The van der Waals surface area contributed by atoms with Gasteiger partial charge in [-0.1, -0.05) is 35.5 Å². The van der Waals surface area contributed by atoms with E-state index in [4.69, 9.17) is 14.5 Å². The number of carbonyl (C=O) groups is 1. The first-order chi connectivity index (χ1) is 13.7. The number of rotatable bonds is 8. The van der Waals surface area contributed by atoms with Gasteiger partial charge >= 0.3 is 0 Å². The summed E-state index contributed by atoms with van der Waals surface area (Å²) in [7, 11) is 1.75. The summed E-state index contributed by atoms with van der Waals surface area (Å²) in [6, 6.07) is 20.5. The number of nitrogens with zero attached hydrogens (tertiary/aromatic N) is 3. The first kappa shape index (κ1) is 19.2. The number of likely N-dealkylation sites (N-methyl/N-ethyl adjacent to an activating group) is 1. The van der Waals surface area contributed by atoms with E-state index in [-0.39, 0.29) is 12.5 Å². The summed E-state index contributed by atoms with van der Waals surface area (Å²) >= 11 is 0. The van der Waals surface area contributed by atoms with Crippen LogP contribution in [0.3, 0.4) is 0 Å². The predicted molar refractivity (Wildman–Crippen MR) is 105 cm³/mol. The minimum Gasteiger partial charge on any atom is -0.484 e. The Hall–Kier alpha value is -3.59. The van der Waals surface area contributed by atoms with E-state index in [1.807, 2.05) is 42.5 Å². The third-order valence-corrected chi connectivity index (χ3v) is 4.32. The normalized spacial score (nSPS) is 10.3. The maximum Gasteiger partial charge on any atom is 0.260 e. The lowest BCUT2D eigenvalue weighted by Crippen LogP contribution is -2.32. The van der Waals surface area contributed by atoms with Crippen molar-refractivity contribution in [3.05, 3.63) is 72.0 Å². The molecule has 0 aliphatic rings. The number of aromatic nitrogens is 1. The van der Waals surface area contributed by atoms with Crippen LogP contribution in [-0.2, 0) is 11.2 Å². The number of benzene rings is 2. The van der Waals surface area contributed by atoms with E-state index in [1.165, 1.54) is 0 Å². The molecule has 0 unspecified atom stereocenters. The molecule has 1 amide bonds. The molecule has 0 spiro atoms. The maximum atomic E-state index is 12.2. The lowest BCUT2D eigenvalue weighted by Gasteiger charge is -2.17. The van der Waals surface area contributed by atoms with E-state index >= 15 is 0 Å². The van der Waals surface area contributed by atoms with Gasteiger partial charge in [-0.25, -0.2) is 0 Å². The summed E-state index contributed by atoms with van der Waals surface area (Å²) in [5.41, 5.74) is 2.39. The summed E-state index contributed by atoms with van der Waals surface area (Å²) in [6.45, 7) is 0.555. The molecule has 0 atom stereocenters. The Morgan fingerprint density at radius 2 is 1.93 bits per heavy atom. The third kappa shape index (κ3) is 5.21. The van der Waals surface area contributed by atoms with Gasteiger partial charge in [0.2, 0.25) is 0 Å². The van der Waals surface area contributed by atoms with Crippen LogP contribution < -0.4 is 4.74 Å². The van der Waals surface area contributed by atoms with Gasteiger partial charge in [-0.2, -0.15) is 5.26 Å². The van der Waals surface area contributed by atoms with E-state index in [0.29, 0.717) is 24.3 Å². The van der Waals surface area contributed by atoms with E-state index in [2.05, 4.69) is 5.16 Å². The minimum atomic E-state index is -0.105. The Labute approximate surface area is 163 Å². The van der Waals surface area contributed by atoms with Crippen molar-refractivity contribution in [2.24, 2.45) is 0 Å². The fourth-order valence-corrected chi connectivity index (χ4v) is 2.67. The van der Waals surface area contributed by atoms with Gasteiger partial charge in [0.15, 0.2) is 6.61 Å². The van der Waals surface area contributed by atoms with Gasteiger partial charge in [0, 0.05) is 31.6 Å². The van der Waals surface area contributed by atoms with Crippen LogP contribution >= 0.6 is 0 Å². The molecular formula is C22H21N3O3. The summed E-state index contributed by atoms with van der Waals surface area (Å²) in [5.74, 6) is 1.26. The number of hydrogen-bond donors (Lipinski definition) is 0. The highest BCUT2D eigenvalue weighted by molar-refractivity contribution is 5.77. The zero-order valence-corrected chi connectivity index (χ0v) is 15.7. The summed E-state index contributed by atoms with van der Waals surface area (Å²) in [6.07, 6.45) is 1.47. The second kappa shape index (κ2) is 9.38. The minimum absolute atomic E-state index is 0.0388. The number of nitriles is 1. The van der Waals surface area contributed by atoms with Crippen molar-refractivity contribution in [1.82, 2.24) is 10.1 Å². The van der Waals surface area contributed by atoms with Gasteiger partial charge in [0.25, 0.3) is 5.91 Å². The van der Waals surface area contributed by atoms with Crippen molar-refractivity contribution in [3.63, 3.8) is 0 Å². The highest BCUT2D eigenvalue weighted by atomic mass is 16.5. The average molecular weight is 375 g/mol. The first-order valence-electron chi connectivity index (χ1n) is 9.03. The second-order valence-corrected chi connectivity index (χ2v) is 6.39. The molecule has 0 saturated heterocycles. The summed E-state index contributed by atoms with van der Waals surface area (Å²) in [4.78, 5) is 13.8. The Morgan fingerprint density at radius 3 is 2.64 bits per heavy atom. The van der Waals surface area contributed by atoms with E-state index in [0.717, 1.165) is 23.4 Å². The van der Waals surface area contributed by atoms with E-state index in [9.17, 15) is 4.79 Å². The SMILES string of the molecule is CN(CCCc1cc(-c2ccccc2)no1)C(=O)COc1ccc(C#N)cc1. The zero-order chi connectivity index (χ0) is 19.8. The third-order valence-electron chi connectivity index (χ3n) is 4.32. The molecule has 0 N–H and O–H groups in total. The number of ether oxygens (including phenoxy) is 1. The van der Waals surface area contributed by atoms with Gasteiger partial charge in [-0.15, -0.1) is 0 Å². The average Bonchev–Trinajstić information content (AvgIpc) is 3.22. The van der Waals surface area contributed by atoms with Crippen molar-refractivity contribution in [2.45, 2.75) is 12.8 Å². The first-order valence-corrected chi connectivity index (χ1v) is 9.03. The van der Waals surface area contributed by atoms with Crippen LogP contribution in [0.2, 0.25) is 0 Å². The smallest absolute Gasteiger partial charge is 0.260 e. The van der Waals surface area contributed by atoms with Crippen molar-refractivity contribution >= 4 is 5.91 Å². The molecule has 0 bridgehead atoms. The largest absolute Gasteiger partial charge is 0.484 e. The van der Waals surface area contributed by atoms with Crippen LogP contribution in [0.5, 0.6) is 5.75 Å². The Morgan fingerprint density at radius 1 is 1.18 bits per heavy atom. The number of amides is 1. The standard InChI is InChI=1S/C22H21N3O3/c1-25(22(26)16-27-19-11-9-17(15-23)10-12-19)13-5-8-20-14-21(24-28-20)18-6-3-2-4-7-18/h2-4,6-7,9-12,14H,5,8,13,16H2,1H3. The Kier molecular flexibility index (Phi) is 6.42. The van der Waals surface area contributed by atoms with Crippen LogP contribution in [0.4, 0.5) is 0 Å². The van der Waals surface area contributed by atoms with Crippen molar-refractivity contribution in [2.75, 3.05) is 20.2 Å². The molecule has 2 aromatic carbocycles. The zero-order valence-electron chi connectivity index (χ0n) is 15.7. The molecule has 0 aliphatic carbocycles. The highest BCUT2D eigenvalue weighted by Gasteiger charge is 2.11. The van der Waals surface area contributed by atoms with Gasteiger partial charge < -0.3 is 14.2 Å². The Bertz CT molecular complexity index is 943. The lowest BCUT2D eigenvalue weighted by atomic mass is 10.1. The molecule has 3 aromatic rings. The number of aryl methyl sites for hydroxylation is 1. The number of hydrogen-bond acceptors (Lipinski definition) is 5. The predicted octanol–water partition coefficient (Wildman–Crippen LogP) is 3.68. The fourth-order valence-electron chi connectivity index (χ4n) is 2.67. The molecule has 0 saturated carbocycles. The van der Waals surface area contributed by atoms with Crippen LogP contribution in [-0.4, -0.2) is 36.2 Å². The molecular weight excluding hydrogens is 354 g/mol. The van der Waals surface area contributed by atoms with E-state index < -0.39 is 0 Å². The van der Waals surface area contributed by atoms with Crippen LogP contribution in [0.25, 0.3) is 11.3 Å². The maximum absolute atomic E-state index is 12.2. The molecule has 0 fully saturated rings. The second-order valence-electron chi connectivity index (χ2n) is 6.39. The molecule has 0 radical (unpaired) electrons. The number of carbonyl (C=O) groups excluding carboxylic acids is 1. The molecule has 0 aliphatic heterocycles. The van der Waals surface area contributed by atoms with Crippen molar-refractivity contribution < 1.29 is 14.1 Å². The van der Waals surface area contributed by atoms with Gasteiger partial charge in [-0.05, 0) is 30.7 Å². The fraction of sp³-hybridized carbons (Fsp3) is 0.227. The van der Waals surface area contributed by atoms with Gasteiger partial charge in [-0.3, -0.25) is 4.79 Å². The van der Waals surface area contributed by atoms with Gasteiger partial charge in [0.05, 0.1) is 11.6 Å². The summed E-state index contributed by atoms with van der Waals surface area (Å²) in [5, 5.41) is 12.9. The van der Waals surface area contributed by atoms with Crippen molar-refractivity contribution in [3.8, 4) is 23.1 Å². The quantitative estimate of drug-likeness (QED) is 0.600. The monoisotopic (exact) mass is 375 g/mol. The molecule has 1 aromatic heterocycles. The molecule has 3 rings (SSSR count). The molecule has 6 nitrogen and oxygen atoms in total. The molecule has 28 heavy (non-hydrogen) atoms. The Balaban J connectivity index is 1.41. The summed E-state index contributed by atoms with van der Waals surface area (Å²) < 4.78 is 10.9. The topological polar surface area (TPSA) is 79.4 Å². The van der Waals surface area contributed by atoms with Crippen LogP contribution in [0.1, 0.15) is 17.7 Å². The molecule has 142 valence electrons. The van der Waals surface area contributed by atoms with Crippen LogP contribution in [0, 0.1) is 11.3 Å². The van der Waals surface area contributed by atoms with Gasteiger partial charge in [0.1, 0.15) is 17.2 Å². The van der Waals surface area contributed by atoms with E-state index in [1.54, 1.807) is 36.2 Å². The van der Waals surface area contributed by atoms with Crippen molar-refractivity contribution in [1.29, 1.82) is 5.26 Å². The van der Waals surface area contributed by atoms with Crippen LogP contribution in [0.15, 0.2) is 65.2 Å². The highest BCUT2D eigenvalue weighted by Crippen LogP contribution is 2.19. The molecule has 1 heterocycles.